The molecule has 128 valence electrons. The summed E-state index contributed by atoms with van der Waals surface area (Å²) in [6, 6.07) is 9.33. The van der Waals surface area contributed by atoms with Crippen molar-refractivity contribution in [1.82, 2.24) is 9.21 Å². The average molecular weight is 431 g/mol. The topological polar surface area (TPSA) is 77.9 Å². The van der Waals surface area contributed by atoms with E-state index >= 15 is 0 Å². The summed E-state index contributed by atoms with van der Waals surface area (Å²) >= 11 is 4.45. The number of hydrogen-bond donors (Lipinski definition) is 1. The second kappa shape index (κ2) is 6.83. The number of phenolic OH excluding ortho intramolecular Hbond substituents is 1. The Balaban J connectivity index is 1.67. The maximum atomic E-state index is 12.6. The van der Waals surface area contributed by atoms with Crippen molar-refractivity contribution in [2.24, 2.45) is 0 Å². The van der Waals surface area contributed by atoms with Gasteiger partial charge < -0.3 is 10.0 Å². The summed E-state index contributed by atoms with van der Waals surface area (Å²) in [5.74, 6) is -0.0597. The summed E-state index contributed by atoms with van der Waals surface area (Å²) in [6.45, 7) is 1.21. The van der Waals surface area contributed by atoms with Crippen molar-refractivity contribution < 1.29 is 18.3 Å². The van der Waals surface area contributed by atoms with Crippen LogP contribution in [0.15, 0.2) is 44.4 Å². The molecule has 0 radical (unpaired) electrons. The van der Waals surface area contributed by atoms with Crippen molar-refractivity contribution in [2.75, 3.05) is 26.2 Å². The van der Waals surface area contributed by atoms with E-state index in [1.807, 2.05) is 0 Å². The van der Waals surface area contributed by atoms with Crippen LogP contribution in [0.25, 0.3) is 0 Å². The molecule has 2 heterocycles. The zero-order chi connectivity index (χ0) is 17.3. The Morgan fingerprint density at radius 1 is 1.04 bits per heavy atom. The van der Waals surface area contributed by atoms with E-state index in [1.54, 1.807) is 29.2 Å². The Morgan fingerprint density at radius 3 is 2.21 bits per heavy atom. The first-order valence-corrected chi connectivity index (χ1v) is 10.3. The van der Waals surface area contributed by atoms with Gasteiger partial charge in [-0.2, -0.15) is 4.31 Å². The number of rotatable bonds is 3. The fourth-order valence-corrected chi connectivity index (χ4v) is 6.07. The highest BCUT2D eigenvalue weighted by molar-refractivity contribution is 9.11. The molecule has 24 heavy (non-hydrogen) atoms. The van der Waals surface area contributed by atoms with Crippen LogP contribution in [0.5, 0.6) is 5.75 Å². The molecule has 9 heteroatoms. The van der Waals surface area contributed by atoms with E-state index in [1.165, 1.54) is 27.8 Å². The van der Waals surface area contributed by atoms with Crippen LogP contribution in [0.2, 0.25) is 0 Å². The molecule has 1 aromatic carbocycles. The summed E-state index contributed by atoms with van der Waals surface area (Å²) in [5, 5.41) is 9.28. The van der Waals surface area contributed by atoms with Gasteiger partial charge in [0.25, 0.3) is 15.9 Å². The summed E-state index contributed by atoms with van der Waals surface area (Å²) < 4.78 is 27.6. The minimum Gasteiger partial charge on any atom is -0.508 e. The standard InChI is InChI=1S/C15H15BrN2O4S2/c16-13-5-6-14(23-13)24(21,22)18-9-7-17(8-10-18)15(20)11-1-3-12(19)4-2-11/h1-6,19H,7-10H2. The molecule has 0 atom stereocenters. The van der Waals surface area contributed by atoms with Crippen molar-refractivity contribution in [2.45, 2.75) is 4.21 Å². The lowest BCUT2D eigenvalue weighted by Crippen LogP contribution is -2.50. The molecule has 1 aromatic heterocycles. The number of hydrogen-bond acceptors (Lipinski definition) is 5. The maximum absolute atomic E-state index is 12.6. The van der Waals surface area contributed by atoms with Gasteiger partial charge in [0, 0.05) is 31.7 Å². The molecule has 0 aliphatic carbocycles. The van der Waals surface area contributed by atoms with E-state index < -0.39 is 10.0 Å². The van der Waals surface area contributed by atoms with Crippen LogP contribution >= 0.6 is 27.3 Å². The molecular formula is C15H15BrN2O4S2. The van der Waals surface area contributed by atoms with Crippen molar-refractivity contribution >= 4 is 43.2 Å². The predicted molar refractivity (Wildman–Crippen MR) is 94.8 cm³/mol. The Labute approximate surface area is 152 Å². The SMILES string of the molecule is O=C(c1ccc(O)cc1)N1CCN(S(=O)(=O)c2ccc(Br)s2)CC1. The van der Waals surface area contributed by atoms with Crippen LogP contribution in [0.4, 0.5) is 0 Å². The van der Waals surface area contributed by atoms with Gasteiger partial charge in [-0.25, -0.2) is 8.42 Å². The number of benzene rings is 1. The molecule has 1 amide bonds. The molecule has 0 unspecified atom stereocenters. The third-order valence-corrected chi connectivity index (χ3v) is 7.77. The monoisotopic (exact) mass is 430 g/mol. The molecule has 2 aromatic rings. The van der Waals surface area contributed by atoms with E-state index in [4.69, 9.17) is 0 Å². The maximum Gasteiger partial charge on any atom is 0.253 e. The second-order valence-corrected chi connectivity index (χ2v) is 9.93. The molecule has 1 saturated heterocycles. The second-order valence-electron chi connectivity index (χ2n) is 5.30. The lowest BCUT2D eigenvalue weighted by Gasteiger charge is -2.33. The zero-order valence-electron chi connectivity index (χ0n) is 12.6. The highest BCUT2D eigenvalue weighted by Crippen LogP contribution is 2.29. The normalized spacial score (nSPS) is 16.3. The molecule has 1 N–H and O–H groups in total. The first-order chi connectivity index (χ1) is 11.4. The number of aromatic hydroxyl groups is 1. The highest BCUT2D eigenvalue weighted by atomic mass is 79.9. The molecular weight excluding hydrogens is 416 g/mol. The highest BCUT2D eigenvalue weighted by Gasteiger charge is 2.31. The van der Waals surface area contributed by atoms with E-state index in [0.717, 1.165) is 3.79 Å². The Kier molecular flexibility index (Phi) is 4.95. The number of halogens is 1. The van der Waals surface area contributed by atoms with Crippen LogP contribution in [-0.2, 0) is 10.0 Å². The fourth-order valence-electron chi connectivity index (χ4n) is 2.48. The third kappa shape index (κ3) is 3.49. The van der Waals surface area contributed by atoms with Gasteiger partial charge in [-0.3, -0.25) is 4.79 Å². The molecule has 1 aliphatic heterocycles. The average Bonchev–Trinajstić information content (AvgIpc) is 3.02. The van der Waals surface area contributed by atoms with E-state index in [0.29, 0.717) is 22.9 Å². The van der Waals surface area contributed by atoms with Crippen LogP contribution < -0.4 is 0 Å². The number of nitrogens with zero attached hydrogens (tertiary/aromatic N) is 2. The molecule has 6 nitrogen and oxygen atoms in total. The quantitative estimate of drug-likeness (QED) is 0.810. The van der Waals surface area contributed by atoms with Crippen LogP contribution in [-0.4, -0.2) is 54.8 Å². The first-order valence-electron chi connectivity index (χ1n) is 7.22. The Bertz CT molecular complexity index is 841. The minimum atomic E-state index is -3.51. The van der Waals surface area contributed by atoms with Crippen molar-refractivity contribution in [1.29, 1.82) is 0 Å². The van der Waals surface area contributed by atoms with E-state index in [-0.39, 0.29) is 24.7 Å². The number of piperazine rings is 1. The van der Waals surface area contributed by atoms with E-state index in [9.17, 15) is 18.3 Å². The van der Waals surface area contributed by atoms with Gasteiger partial charge in [-0.1, -0.05) is 0 Å². The Morgan fingerprint density at radius 2 is 1.67 bits per heavy atom. The number of carbonyl (C=O) groups excluding carboxylic acids is 1. The van der Waals surface area contributed by atoms with Crippen molar-refractivity contribution in [3.63, 3.8) is 0 Å². The molecule has 1 fully saturated rings. The lowest BCUT2D eigenvalue weighted by atomic mass is 10.2. The largest absolute Gasteiger partial charge is 0.508 e. The number of carbonyl (C=O) groups is 1. The molecule has 0 saturated carbocycles. The van der Waals surface area contributed by atoms with Crippen LogP contribution in [0, 0.1) is 0 Å². The van der Waals surface area contributed by atoms with Gasteiger partial charge in [-0.05, 0) is 52.3 Å². The smallest absolute Gasteiger partial charge is 0.253 e. The third-order valence-electron chi connectivity index (χ3n) is 3.78. The summed E-state index contributed by atoms with van der Waals surface area (Å²) in [6.07, 6.45) is 0. The van der Waals surface area contributed by atoms with Gasteiger partial charge in [-0.15, -0.1) is 11.3 Å². The van der Waals surface area contributed by atoms with Gasteiger partial charge in [0.05, 0.1) is 3.79 Å². The van der Waals surface area contributed by atoms with Crippen LogP contribution in [0.3, 0.4) is 0 Å². The van der Waals surface area contributed by atoms with Crippen LogP contribution in [0.1, 0.15) is 10.4 Å². The predicted octanol–water partition coefficient (Wildman–Crippen LogP) is 2.36. The minimum absolute atomic E-state index is 0.101. The molecule has 1 aliphatic rings. The number of thiophene rings is 1. The zero-order valence-corrected chi connectivity index (χ0v) is 15.8. The van der Waals surface area contributed by atoms with Gasteiger partial charge >= 0.3 is 0 Å². The van der Waals surface area contributed by atoms with Gasteiger partial charge in [0.1, 0.15) is 9.96 Å². The fraction of sp³-hybridized carbons (Fsp3) is 0.267. The van der Waals surface area contributed by atoms with Gasteiger partial charge in [0.15, 0.2) is 0 Å². The summed E-state index contributed by atoms with van der Waals surface area (Å²) in [7, 11) is -3.51. The summed E-state index contributed by atoms with van der Waals surface area (Å²) in [4.78, 5) is 14.0. The molecule has 0 bridgehead atoms. The number of amides is 1. The van der Waals surface area contributed by atoms with Crippen molar-refractivity contribution in [3.05, 3.63) is 45.7 Å². The summed E-state index contributed by atoms with van der Waals surface area (Å²) in [5.41, 5.74) is 0.478. The lowest BCUT2D eigenvalue weighted by molar-refractivity contribution is 0.0698. The van der Waals surface area contributed by atoms with Crippen molar-refractivity contribution in [3.8, 4) is 5.75 Å². The Hall–Kier alpha value is -1.42. The molecule has 3 rings (SSSR count). The molecule has 0 spiro atoms. The van der Waals surface area contributed by atoms with Gasteiger partial charge in [0.2, 0.25) is 0 Å². The first kappa shape index (κ1) is 17.4. The number of sulfonamides is 1. The number of phenols is 1. The van der Waals surface area contributed by atoms with E-state index in [2.05, 4.69) is 15.9 Å².